The number of rotatable bonds is 6. The average molecular weight is 269 g/mol. The van der Waals surface area contributed by atoms with Crippen molar-refractivity contribution in [1.29, 1.82) is 0 Å². The van der Waals surface area contributed by atoms with E-state index >= 15 is 0 Å². The van der Waals surface area contributed by atoms with E-state index in [9.17, 15) is 4.79 Å². The number of thiazole rings is 1. The number of piperidine rings is 1. The Labute approximate surface area is 112 Å². The molecule has 2 heterocycles. The molecule has 0 saturated carbocycles. The molecular weight excluding hydrogens is 246 g/mol. The minimum absolute atomic E-state index is 0.0388. The molecule has 0 amide bonds. The lowest BCUT2D eigenvalue weighted by atomic mass is 9.75. The van der Waals surface area contributed by atoms with Crippen molar-refractivity contribution in [2.75, 3.05) is 19.6 Å². The molecule has 1 fully saturated rings. The fraction of sp³-hybridized carbons (Fsp3) is 0.769. The largest absolute Gasteiger partial charge is 0.317 e. The van der Waals surface area contributed by atoms with E-state index in [1.807, 2.05) is 5.38 Å². The first-order valence-corrected chi connectivity index (χ1v) is 7.70. The van der Waals surface area contributed by atoms with Crippen LogP contribution >= 0.6 is 11.3 Å². The monoisotopic (exact) mass is 269 g/mol. The molecule has 1 saturated heterocycles. The zero-order valence-electron chi connectivity index (χ0n) is 11.1. The summed E-state index contributed by atoms with van der Waals surface area (Å²) < 4.78 is 0. The van der Waals surface area contributed by atoms with Crippen LogP contribution in [-0.2, 0) is 6.54 Å². The molecule has 0 atom stereocenters. The van der Waals surface area contributed by atoms with Crippen molar-refractivity contribution < 1.29 is 0 Å². The fourth-order valence-electron chi connectivity index (χ4n) is 2.87. The van der Waals surface area contributed by atoms with Crippen LogP contribution in [0.15, 0.2) is 10.2 Å². The maximum Gasteiger partial charge on any atom is 0.304 e. The third kappa shape index (κ3) is 3.67. The lowest BCUT2D eigenvalue weighted by Crippen LogP contribution is -2.43. The van der Waals surface area contributed by atoms with Crippen LogP contribution in [0.25, 0.3) is 0 Å². The molecule has 0 spiro atoms. The van der Waals surface area contributed by atoms with E-state index in [1.165, 1.54) is 37.0 Å². The van der Waals surface area contributed by atoms with E-state index in [4.69, 9.17) is 0 Å². The van der Waals surface area contributed by atoms with Gasteiger partial charge in [-0.25, -0.2) is 0 Å². The van der Waals surface area contributed by atoms with E-state index in [0.717, 1.165) is 31.9 Å². The normalized spacial score (nSPS) is 18.9. The quantitative estimate of drug-likeness (QED) is 0.737. The summed E-state index contributed by atoms with van der Waals surface area (Å²) in [6.07, 6.45) is 5.06. The first kappa shape index (κ1) is 13.8. The molecule has 1 aliphatic heterocycles. The molecule has 3 N–H and O–H groups in total. The molecule has 4 nitrogen and oxygen atoms in total. The zero-order valence-corrected chi connectivity index (χ0v) is 11.9. The Balaban J connectivity index is 1.83. The average Bonchev–Trinajstić information content (AvgIpc) is 2.77. The van der Waals surface area contributed by atoms with E-state index in [0.29, 0.717) is 5.41 Å². The molecule has 18 heavy (non-hydrogen) atoms. The topological polar surface area (TPSA) is 56.9 Å². The van der Waals surface area contributed by atoms with E-state index in [2.05, 4.69) is 22.5 Å². The van der Waals surface area contributed by atoms with Gasteiger partial charge >= 0.3 is 4.87 Å². The van der Waals surface area contributed by atoms with Crippen LogP contribution in [0, 0.1) is 5.41 Å². The van der Waals surface area contributed by atoms with Crippen LogP contribution in [0.5, 0.6) is 0 Å². The molecule has 1 aliphatic rings. The third-order valence-corrected chi connectivity index (χ3v) is 4.55. The zero-order chi connectivity index (χ0) is 12.8. The smallest absolute Gasteiger partial charge is 0.304 e. The van der Waals surface area contributed by atoms with Gasteiger partial charge < -0.3 is 15.6 Å². The van der Waals surface area contributed by atoms with Crippen molar-refractivity contribution in [3.8, 4) is 0 Å². The highest BCUT2D eigenvalue weighted by Gasteiger charge is 2.30. The van der Waals surface area contributed by atoms with Gasteiger partial charge in [-0.2, -0.15) is 0 Å². The molecule has 2 rings (SSSR count). The first-order valence-electron chi connectivity index (χ1n) is 6.82. The predicted octanol–water partition coefficient (Wildman–Crippen LogP) is 1.70. The summed E-state index contributed by atoms with van der Waals surface area (Å²) in [7, 11) is 0. The minimum atomic E-state index is 0.0388. The Kier molecular flexibility index (Phi) is 4.97. The highest BCUT2D eigenvalue weighted by Crippen LogP contribution is 2.33. The summed E-state index contributed by atoms with van der Waals surface area (Å²) in [5.41, 5.74) is 1.46. The second-order valence-electron chi connectivity index (χ2n) is 5.28. The molecule has 0 aromatic carbocycles. The van der Waals surface area contributed by atoms with E-state index in [-0.39, 0.29) is 4.87 Å². The molecule has 1 aromatic rings. The predicted molar refractivity (Wildman–Crippen MR) is 76.1 cm³/mol. The van der Waals surface area contributed by atoms with Gasteiger partial charge in [0, 0.05) is 24.2 Å². The third-order valence-electron chi connectivity index (χ3n) is 3.83. The maximum absolute atomic E-state index is 11.0. The summed E-state index contributed by atoms with van der Waals surface area (Å²) >= 11 is 1.24. The van der Waals surface area contributed by atoms with Crippen molar-refractivity contribution in [2.45, 2.75) is 39.2 Å². The van der Waals surface area contributed by atoms with Crippen molar-refractivity contribution >= 4 is 11.3 Å². The van der Waals surface area contributed by atoms with Crippen LogP contribution in [0.2, 0.25) is 0 Å². The van der Waals surface area contributed by atoms with Crippen molar-refractivity contribution in [2.24, 2.45) is 5.41 Å². The van der Waals surface area contributed by atoms with Gasteiger partial charge in [0.15, 0.2) is 0 Å². The molecule has 0 aliphatic carbocycles. The Morgan fingerprint density at radius 3 is 2.83 bits per heavy atom. The van der Waals surface area contributed by atoms with Crippen molar-refractivity contribution in [3.05, 3.63) is 20.7 Å². The van der Waals surface area contributed by atoms with Crippen LogP contribution < -0.4 is 15.5 Å². The van der Waals surface area contributed by atoms with Gasteiger partial charge in [-0.3, -0.25) is 4.79 Å². The maximum atomic E-state index is 11.0. The summed E-state index contributed by atoms with van der Waals surface area (Å²) in [6, 6.07) is 0. The number of aromatic amines is 1. The van der Waals surface area contributed by atoms with Gasteiger partial charge in [0.1, 0.15) is 0 Å². The molecule has 1 aromatic heterocycles. The van der Waals surface area contributed by atoms with Crippen LogP contribution in [0.4, 0.5) is 0 Å². The molecule has 102 valence electrons. The Hall–Kier alpha value is -0.650. The highest BCUT2D eigenvalue weighted by atomic mass is 32.1. The Morgan fingerprint density at radius 1 is 1.44 bits per heavy atom. The van der Waals surface area contributed by atoms with Gasteiger partial charge in [0.05, 0.1) is 0 Å². The van der Waals surface area contributed by atoms with E-state index < -0.39 is 0 Å². The van der Waals surface area contributed by atoms with Crippen molar-refractivity contribution in [1.82, 2.24) is 15.6 Å². The molecule has 5 heteroatoms. The second-order valence-corrected chi connectivity index (χ2v) is 6.12. The van der Waals surface area contributed by atoms with Crippen molar-refractivity contribution in [3.63, 3.8) is 0 Å². The standard InChI is InChI=1S/C13H23N3OS/c1-2-3-13(4-6-14-7-5-13)10-15-8-11-9-18-12(17)16-11/h9,14-15H,2-8,10H2,1H3,(H,16,17). The fourth-order valence-corrected chi connectivity index (χ4v) is 3.45. The minimum Gasteiger partial charge on any atom is -0.317 e. The lowest BCUT2D eigenvalue weighted by molar-refractivity contribution is 0.175. The lowest BCUT2D eigenvalue weighted by Gasteiger charge is -2.38. The SMILES string of the molecule is CCCC1(CNCc2csc(=O)[nH]2)CCNCC1. The van der Waals surface area contributed by atoms with Gasteiger partial charge in [-0.1, -0.05) is 24.7 Å². The molecule has 0 bridgehead atoms. The molecule has 0 radical (unpaired) electrons. The van der Waals surface area contributed by atoms with Gasteiger partial charge in [-0.05, 0) is 37.8 Å². The Bertz CT molecular complexity index is 401. The van der Waals surface area contributed by atoms with E-state index in [1.54, 1.807) is 0 Å². The van der Waals surface area contributed by atoms with Crippen LogP contribution in [0.1, 0.15) is 38.3 Å². The van der Waals surface area contributed by atoms with Crippen LogP contribution in [-0.4, -0.2) is 24.6 Å². The van der Waals surface area contributed by atoms with Gasteiger partial charge in [0.25, 0.3) is 0 Å². The van der Waals surface area contributed by atoms with Gasteiger partial charge in [0.2, 0.25) is 0 Å². The summed E-state index contributed by atoms with van der Waals surface area (Å²) in [5.74, 6) is 0. The Morgan fingerprint density at radius 2 is 2.22 bits per heavy atom. The van der Waals surface area contributed by atoms with Gasteiger partial charge in [-0.15, -0.1) is 0 Å². The van der Waals surface area contributed by atoms with Crippen LogP contribution in [0.3, 0.4) is 0 Å². The number of H-pyrrole nitrogens is 1. The molecule has 0 unspecified atom stereocenters. The number of hydrogen-bond donors (Lipinski definition) is 3. The number of nitrogens with one attached hydrogen (secondary N) is 3. The number of aromatic nitrogens is 1. The summed E-state index contributed by atoms with van der Waals surface area (Å²) in [6.45, 7) is 6.37. The number of hydrogen-bond acceptors (Lipinski definition) is 4. The first-order chi connectivity index (χ1) is 8.74. The summed E-state index contributed by atoms with van der Waals surface area (Å²) in [4.78, 5) is 13.9. The highest BCUT2D eigenvalue weighted by molar-refractivity contribution is 7.07. The molecular formula is C13H23N3OS. The second kappa shape index (κ2) is 6.50. The summed E-state index contributed by atoms with van der Waals surface area (Å²) in [5, 5.41) is 8.86.